The number of nitrogen functional groups attached to an aromatic ring is 1. The van der Waals surface area contributed by atoms with Crippen LogP contribution in [0.3, 0.4) is 0 Å². The van der Waals surface area contributed by atoms with E-state index in [4.69, 9.17) is 10.5 Å². The van der Waals surface area contributed by atoms with E-state index in [0.717, 1.165) is 21.5 Å². The molecule has 19 heavy (non-hydrogen) atoms. The van der Waals surface area contributed by atoms with Gasteiger partial charge in [0.1, 0.15) is 17.3 Å². The van der Waals surface area contributed by atoms with Gasteiger partial charge in [0, 0.05) is 12.6 Å². The molecule has 0 unspecified atom stereocenters. The first kappa shape index (κ1) is 13.9. The van der Waals surface area contributed by atoms with E-state index in [1.165, 1.54) is 5.56 Å². The van der Waals surface area contributed by atoms with Gasteiger partial charge in [-0.25, -0.2) is 0 Å². The number of hydrogen-bond acceptors (Lipinski definition) is 3. The highest BCUT2D eigenvalue weighted by atomic mass is 79.9. The third-order valence-corrected chi connectivity index (χ3v) is 3.96. The van der Waals surface area contributed by atoms with Crippen LogP contribution < -0.4 is 10.5 Å². The first-order chi connectivity index (χ1) is 8.95. The molecule has 0 aliphatic rings. The zero-order chi connectivity index (χ0) is 14.2. The van der Waals surface area contributed by atoms with E-state index in [9.17, 15) is 0 Å². The third kappa shape index (κ3) is 2.47. The number of ether oxygens (including phenoxy) is 1. The van der Waals surface area contributed by atoms with Crippen molar-refractivity contribution in [1.29, 1.82) is 0 Å². The van der Waals surface area contributed by atoms with Crippen molar-refractivity contribution in [1.82, 2.24) is 9.78 Å². The number of halogens is 1. The summed E-state index contributed by atoms with van der Waals surface area (Å²) in [6.07, 6.45) is 0. The first-order valence-corrected chi connectivity index (χ1v) is 6.91. The van der Waals surface area contributed by atoms with Crippen LogP contribution in [0.4, 0.5) is 5.82 Å². The molecular formula is C14H18BrN3O. The molecule has 0 radical (unpaired) electrons. The smallest absolute Gasteiger partial charge is 0.136 e. The van der Waals surface area contributed by atoms with Crippen LogP contribution in [0.15, 0.2) is 22.7 Å². The van der Waals surface area contributed by atoms with Gasteiger partial charge in [-0.3, -0.25) is 4.68 Å². The molecule has 0 saturated carbocycles. The van der Waals surface area contributed by atoms with Crippen molar-refractivity contribution in [2.24, 2.45) is 7.05 Å². The molecule has 102 valence electrons. The van der Waals surface area contributed by atoms with Gasteiger partial charge in [0.25, 0.3) is 0 Å². The molecule has 0 aliphatic heterocycles. The highest BCUT2D eigenvalue weighted by molar-refractivity contribution is 9.10. The van der Waals surface area contributed by atoms with Crippen LogP contribution in [0.1, 0.15) is 25.3 Å². The zero-order valence-corrected chi connectivity index (χ0v) is 13.2. The lowest BCUT2D eigenvalue weighted by Crippen LogP contribution is -1.97. The van der Waals surface area contributed by atoms with Crippen molar-refractivity contribution < 1.29 is 4.74 Å². The number of nitrogens with two attached hydrogens (primary N) is 1. The third-order valence-electron chi connectivity index (χ3n) is 3.18. The molecule has 2 rings (SSSR count). The summed E-state index contributed by atoms with van der Waals surface area (Å²) in [7, 11) is 3.49. The fraction of sp³-hybridized carbons (Fsp3) is 0.357. The molecule has 0 spiro atoms. The number of hydrogen-bond donors (Lipinski definition) is 1. The maximum absolute atomic E-state index is 5.92. The molecule has 4 nitrogen and oxygen atoms in total. The molecule has 1 aromatic carbocycles. The second-order valence-corrected chi connectivity index (χ2v) is 5.58. The van der Waals surface area contributed by atoms with Gasteiger partial charge < -0.3 is 10.5 Å². The molecular weight excluding hydrogens is 306 g/mol. The summed E-state index contributed by atoms with van der Waals surface area (Å²) in [5, 5.41) is 4.43. The highest BCUT2D eigenvalue weighted by Gasteiger charge is 2.17. The molecule has 5 heteroatoms. The molecule has 2 N–H and O–H groups in total. The zero-order valence-electron chi connectivity index (χ0n) is 11.6. The second kappa shape index (κ2) is 5.25. The predicted molar refractivity (Wildman–Crippen MR) is 81.4 cm³/mol. The van der Waals surface area contributed by atoms with Gasteiger partial charge in [0.05, 0.1) is 11.6 Å². The Morgan fingerprint density at radius 2 is 2.05 bits per heavy atom. The van der Waals surface area contributed by atoms with Gasteiger partial charge in [-0.2, -0.15) is 5.10 Å². The summed E-state index contributed by atoms with van der Waals surface area (Å²) in [6, 6.07) is 6.18. The molecule has 1 aromatic heterocycles. The summed E-state index contributed by atoms with van der Waals surface area (Å²) in [6.45, 7) is 4.31. The fourth-order valence-corrected chi connectivity index (χ4v) is 2.50. The summed E-state index contributed by atoms with van der Waals surface area (Å²) in [5.41, 5.74) is 8.89. The van der Waals surface area contributed by atoms with Gasteiger partial charge in [-0.1, -0.05) is 19.9 Å². The minimum Gasteiger partial charge on any atom is -0.496 e. The number of aromatic nitrogens is 2. The van der Waals surface area contributed by atoms with Crippen molar-refractivity contribution in [2.75, 3.05) is 12.8 Å². The quantitative estimate of drug-likeness (QED) is 0.939. The first-order valence-electron chi connectivity index (χ1n) is 6.12. The number of methoxy groups -OCH3 is 1. The Morgan fingerprint density at radius 1 is 1.37 bits per heavy atom. The van der Waals surface area contributed by atoms with Crippen LogP contribution in [-0.2, 0) is 7.05 Å². The average molecular weight is 324 g/mol. The molecule has 0 aliphatic carbocycles. The van der Waals surface area contributed by atoms with Crippen molar-refractivity contribution in [3.8, 4) is 17.0 Å². The van der Waals surface area contributed by atoms with Gasteiger partial charge in [0.2, 0.25) is 0 Å². The van der Waals surface area contributed by atoms with E-state index in [1.807, 2.05) is 13.1 Å². The van der Waals surface area contributed by atoms with Gasteiger partial charge in [0.15, 0.2) is 0 Å². The molecule has 0 atom stereocenters. The van der Waals surface area contributed by atoms with Crippen LogP contribution >= 0.6 is 15.9 Å². The predicted octanol–water partition coefficient (Wildman–Crippen LogP) is 3.56. The van der Waals surface area contributed by atoms with Crippen LogP contribution in [0.5, 0.6) is 5.75 Å². The second-order valence-electron chi connectivity index (χ2n) is 4.79. The van der Waals surface area contributed by atoms with E-state index < -0.39 is 0 Å². The Morgan fingerprint density at radius 3 is 2.53 bits per heavy atom. The van der Waals surface area contributed by atoms with Crippen LogP contribution in [0.25, 0.3) is 11.3 Å². The van der Waals surface area contributed by atoms with Crippen LogP contribution in [0, 0.1) is 0 Å². The summed E-state index contributed by atoms with van der Waals surface area (Å²) in [5.74, 6) is 1.87. The van der Waals surface area contributed by atoms with Gasteiger partial charge >= 0.3 is 0 Å². The Bertz CT molecular complexity index is 605. The van der Waals surface area contributed by atoms with Gasteiger partial charge in [-0.15, -0.1) is 0 Å². The van der Waals surface area contributed by atoms with Crippen molar-refractivity contribution >= 4 is 21.7 Å². The maximum Gasteiger partial charge on any atom is 0.136 e. The number of anilines is 1. The normalized spacial score (nSPS) is 11.1. The van der Waals surface area contributed by atoms with Gasteiger partial charge in [-0.05, 0) is 39.5 Å². The molecule has 0 fully saturated rings. The van der Waals surface area contributed by atoms with Crippen molar-refractivity contribution in [3.63, 3.8) is 0 Å². The van der Waals surface area contributed by atoms with Crippen molar-refractivity contribution in [2.45, 2.75) is 19.8 Å². The number of rotatable bonds is 3. The van der Waals surface area contributed by atoms with E-state index in [1.54, 1.807) is 11.8 Å². The average Bonchev–Trinajstić information content (AvgIpc) is 2.65. The Kier molecular flexibility index (Phi) is 3.85. The minimum absolute atomic E-state index is 0.459. The van der Waals surface area contributed by atoms with E-state index in [-0.39, 0.29) is 0 Å². The van der Waals surface area contributed by atoms with E-state index in [2.05, 4.69) is 47.0 Å². The number of benzene rings is 1. The Labute approximate surface area is 121 Å². The molecule has 0 amide bonds. The topological polar surface area (TPSA) is 53.1 Å². The standard InChI is InChI=1S/C14H18BrN3O/c1-8(2)9-5-6-10(11(7-9)19-4)13-12(15)14(16)18(3)17-13/h5-8H,16H2,1-4H3. The summed E-state index contributed by atoms with van der Waals surface area (Å²) >= 11 is 3.48. The van der Waals surface area contributed by atoms with Crippen molar-refractivity contribution in [3.05, 3.63) is 28.2 Å². The number of nitrogens with zero attached hydrogens (tertiary/aromatic N) is 2. The maximum atomic E-state index is 5.92. The molecule has 0 bridgehead atoms. The summed E-state index contributed by atoms with van der Waals surface area (Å²) < 4.78 is 7.93. The van der Waals surface area contributed by atoms with Crippen LogP contribution in [0.2, 0.25) is 0 Å². The molecule has 1 heterocycles. The van der Waals surface area contributed by atoms with Crippen LogP contribution in [-0.4, -0.2) is 16.9 Å². The summed E-state index contributed by atoms with van der Waals surface area (Å²) in [4.78, 5) is 0. The Hall–Kier alpha value is -1.49. The Balaban J connectivity index is 2.58. The molecule has 2 aromatic rings. The fourth-order valence-electron chi connectivity index (χ4n) is 1.95. The van der Waals surface area contributed by atoms with E-state index >= 15 is 0 Å². The highest BCUT2D eigenvalue weighted by Crippen LogP contribution is 2.38. The largest absolute Gasteiger partial charge is 0.496 e. The van der Waals surface area contributed by atoms with E-state index in [0.29, 0.717) is 11.7 Å². The lowest BCUT2D eigenvalue weighted by molar-refractivity contribution is 0.415. The minimum atomic E-state index is 0.459. The number of aryl methyl sites for hydroxylation is 1. The molecule has 0 saturated heterocycles. The lowest BCUT2D eigenvalue weighted by atomic mass is 10.00. The lowest BCUT2D eigenvalue weighted by Gasteiger charge is -2.11. The SMILES string of the molecule is COc1cc(C(C)C)ccc1-c1nn(C)c(N)c1Br. The monoisotopic (exact) mass is 323 g/mol.